The van der Waals surface area contributed by atoms with Crippen molar-refractivity contribution < 1.29 is 14.3 Å². The number of amides is 1. The van der Waals surface area contributed by atoms with Gasteiger partial charge in [0.25, 0.3) is 5.91 Å². The monoisotopic (exact) mass is 365 g/mol. The Hall–Kier alpha value is -3.28. The number of carbonyl (C=O) groups excluding carboxylic acids is 1. The van der Waals surface area contributed by atoms with Crippen LogP contribution < -0.4 is 14.8 Å². The van der Waals surface area contributed by atoms with E-state index in [0.717, 1.165) is 17.1 Å². The van der Waals surface area contributed by atoms with Gasteiger partial charge in [-0.25, -0.2) is 4.98 Å². The average molecular weight is 365 g/mol. The summed E-state index contributed by atoms with van der Waals surface area (Å²) in [7, 11) is 1.59. The Morgan fingerprint density at radius 3 is 2.70 bits per heavy atom. The van der Waals surface area contributed by atoms with Gasteiger partial charge >= 0.3 is 0 Å². The quantitative estimate of drug-likeness (QED) is 0.698. The first-order valence-electron chi connectivity index (χ1n) is 8.75. The maximum absolute atomic E-state index is 12.5. The van der Waals surface area contributed by atoms with Gasteiger partial charge in [0.05, 0.1) is 12.8 Å². The van der Waals surface area contributed by atoms with Crippen LogP contribution in [0.15, 0.2) is 60.9 Å². The van der Waals surface area contributed by atoms with E-state index in [0.29, 0.717) is 18.0 Å². The standard InChI is InChI=1S/C21H23N3O3/c1-15(27-19-9-6-8-18(13-19)26-3)21(25)23-14-17-7-4-5-10-20(17)24-12-11-22-16(24)2/h4-13,15H,14H2,1-3H3,(H,23,25)/t15-/m1/s1. The number of hydrogen-bond acceptors (Lipinski definition) is 4. The molecule has 2 aromatic carbocycles. The first kappa shape index (κ1) is 18.5. The second-order valence-corrected chi connectivity index (χ2v) is 6.13. The minimum atomic E-state index is -0.626. The average Bonchev–Trinajstić information content (AvgIpc) is 3.12. The molecule has 0 aliphatic rings. The molecule has 0 saturated carbocycles. The normalized spacial score (nSPS) is 11.7. The molecular formula is C21H23N3O3. The molecule has 1 atom stereocenters. The zero-order chi connectivity index (χ0) is 19.2. The summed E-state index contributed by atoms with van der Waals surface area (Å²) in [5.41, 5.74) is 2.00. The number of carbonyl (C=O) groups is 1. The van der Waals surface area contributed by atoms with Gasteiger partial charge in [0.1, 0.15) is 17.3 Å². The SMILES string of the molecule is COc1cccc(O[C@H](C)C(=O)NCc2ccccc2-n2ccnc2C)c1. The van der Waals surface area contributed by atoms with E-state index in [2.05, 4.69) is 10.3 Å². The third-order valence-electron chi connectivity index (χ3n) is 4.25. The van der Waals surface area contributed by atoms with Crippen LogP contribution in [0.4, 0.5) is 0 Å². The van der Waals surface area contributed by atoms with E-state index < -0.39 is 6.10 Å². The lowest BCUT2D eigenvalue weighted by Crippen LogP contribution is -2.36. The van der Waals surface area contributed by atoms with Crippen LogP contribution in [0.25, 0.3) is 5.69 Å². The van der Waals surface area contributed by atoms with E-state index in [1.807, 2.05) is 54.1 Å². The van der Waals surface area contributed by atoms with Crippen molar-refractivity contribution in [2.75, 3.05) is 7.11 Å². The zero-order valence-corrected chi connectivity index (χ0v) is 15.7. The molecule has 27 heavy (non-hydrogen) atoms. The van der Waals surface area contributed by atoms with Crippen molar-refractivity contribution in [2.24, 2.45) is 0 Å². The molecule has 0 aliphatic carbocycles. The smallest absolute Gasteiger partial charge is 0.261 e. The molecule has 0 aliphatic heterocycles. The molecule has 1 aromatic heterocycles. The van der Waals surface area contributed by atoms with Crippen molar-refractivity contribution in [3.05, 3.63) is 72.3 Å². The Bertz CT molecular complexity index is 920. The predicted molar refractivity (Wildman–Crippen MR) is 103 cm³/mol. The van der Waals surface area contributed by atoms with Crippen molar-refractivity contribution in [1.82, 2.24) is 14.9 Å². The van der Waals surface area contributed by atoms with Crippen molar-refractivity contribution in [3.63, 3.8) is 0 Å². The fourth-order valence-corrected chi connectivity index (χ4v) is 2.79. The van der Waals surface area contributed by atoms with Crippen LogP contribution in [0.3, 0.4) is 0 Å². The number of rotatable bonds is 7. The van der Waals surface area contributed by atoms with E-state index in [9.17, 15) is 4.79 Å². The molecular weight excluding hydrogens is 342 g/mol. The lowest BCUT2D eigenvalue weighted by Gasteiger charge is -2.17. The van der Waals surface area contributed by atoms with Crippen molar-refractivity contribution in [1.29, 1.82) is 0 Å². The molecule has 1 heterocycles. The Kier molecular flexibility index (Phi) is 5.76. The second kappa shape index (κ2) is 8.40. The molecule has 0 unspecified atom stereocenters. The Morgan fingerprint density at radius 1 is 1.19 bits per heavy atom. The maximum Gasteiger partial charge on any atom is 0.261 e. The highest BCUT2D eigenvalue weighted by Gasteiger charge is 2.15. The van der Waals surface area contributed by atoms with Crippen LogP contribution >= 0.6 is 0 Å². The number of hydrogen-bond donors (Lipinski definition) is 1. The molecule has 0 spiro atoms. The molecule has 0 radical (unpaired) electrons. The van der Waals surface area contributed by atoms with E-state index in [1.54, 1.807) is 32.4 Å². The van der Waals surface area contributed by atoms with Gasteiger partial charge in [0.15, 0.2) is 6.10 Å². The van der Waals surface area contributed by atoms with Crippen LogP contribution in [-0.4, -0.2) is 28.7 Å². The largest absolute Gasteiger partial charge is 0.497 e. The molecule has 1 amide bonds. The maximum atomic E-state index is 12.5. The van der Waals surface area contributed by atoms with Crippen molar-refractivity contribution in [3.8, 4) is 17.2 Å². The number of ether oxygens (including phenoxy) is 2. The summed E-state index contributed by atoms with van der Waals surface area (Å²) < 4.78 is 12.9. The van der Waals surface area contributed by atoms with E-state index in [-0.39, 0.29) is 5.91 Å². The summed E-state index contributed by atoms with van der Waals surface area (Å²) in [4.78, 5) is 16.7. The highest BCUT2D eigenvalue weighted by molar-refractivity contribution is 5.80. The molecule has 6 nitrogen and oxygen atoms in total. The molecule has 0 saturated heterocycles. The number of nitrogens with one attached hydrogen (secondary N) is 1. The summed E-state index contributed by atoms with van der Waals surface area (Å²) in [5, 5.41) is 2.94. The Labute approximate surface area is 158 Å². The van der Waals surface area contributed by atoms with Crippen LogP contribution in [0.2, 0.25) is 0 Å². The summed E-state index contributed by atoms with van der Waals surface area (Å²) in [6.07, 6.45) is 3.04. The first-order chi connectivity index (χ1) is 13.1. The second-order valence-electron chi connectivity index (χ2n) is 6.13. The van der Waals surface area contributed by atoms with Gasteiger partial charge in [-0.3, -0.25) is 4.79 Å². The van der Waals surface area contributed by atoms with Crippen LogP contribution in [-0.2, 0) is 11.3 Å². The number of nitrogens with zero attached hydrogens (tertiary/aromatic N) is 2. The molecule has 140 valence electrons. The fraction of sp³-hybridized carbons (Fsp3) is 0.238. The number of benzene rings is 2. The van der Waals surface area contributed by atoms with Crippen molar-refractivity contribution >= 4 is 5.91 Å². The van der Waals surface area contributed by atoms with Gasteiger partial charge in [0, 0.05) is 25.0 Å². The van der Waals surface area contributed by atoms with E-state index in [4.69, 9.17) is 9.47 Å². The van der Waals surface area contributed by atoms with Crippen LogP contribution in [0.5, 0.6) is 11.5 Å². The molecule has 0 bridgehead atoms. The third kappa shape index (κ3) is 4.47. The Morgan fingerprint density at radius 2 is 1.96 bits per heavy atom. The van der Waals surface area contributed by atoms with Gasteiger partial charge in [0.2, 0.25) is 0 Å². The van der Waals surface area contributed by atoms with Gasteiger partial charge in [-0.1, -0.05) is 24.3 Å². The molecule has 3 aromatic rings. The van der Waals surface area contributed by atoms with Gasteiger partial charge in [-0.15, -0.1) is 0 Å². The van der Waals surface area contributed by atoms with Crippen LogP contribution in [0, 0.1) is 6.92 Å². The Balaban J connectivity index is 1.65. The predicted octanol–water partition coefficient (Wildman–Crippen LogP) is 3.27. The number of aromatic nitrogens is 2. The molecule has 1 N–H and O–H groups in total. The lowest BCUT2D eigenvalue weighted by atomic mass is 10.1. The summed E-state index contributed by atoms with van der Waals surface area (Å²) >= 11 is 0. The highest BCUT2D eigenvalue weighted by atomic mass is 16.5. The molecule has 0 fully saturated rings. The zero-order valence-electron chi connectivity index (χ0n) is 15.7. The summed E-state index contributed by atoms with van der Waals surface area (Å²) in [6, 6.07) is 15.1. The van der Waals surface area contributed by atoms with Crippen LogP contribution in [0.1, 0.15) is 18.3 Å². The number of aryl methyl sites for hydroxylation is 1. The summed E-state index contributed by atoms with van der Waals surface area (Å²) in [5.74, 6) is 1.98. The van der Waals surface area contributed by atoms with Gasteiger partial charge in [-0.05, 0) is 37.6 Å². The fourth-order valence-electron chi connectivity index (χ4n) is 2.79. The number of imidazole rings is 1. The number of para-hydroxylation sites is 1. The highest BCUT2D eigenvalue weighted by Crippen LogP contribution is 2.20. The number of methoxy groups -OCH3 is 1. The van der Waals surface area contributed by atoms with E-state index in [1.165, 1.54) is 0 Å². The molecule has 3 rings (SSSR count). The molecule has 6 heteroatoms. The van der Waals surface area contributed by atoms with Crippen molar-refractivity contribution in [2.45, 2.75) is 26.5 Å². The van der Waals surface area contributed by atoms with Gasteiger partial charge < -0.3 is 19.4 Å². The van der Waals surface area contributed by atoms with Gasteiger partial charge in [-0.2, -0.15) is 0 Å². The summed E-state index contributed by atoms with van der Waals surface area (Å²) in [6.45, 7) is 4.07. The lowest BCUT2D eigenvalue weighted by molar-refractivity contribution is -0.127. The topological polar surface area (TPSA) is 65.4 Å². The third-order valence-corrected chi connectivity index (χ3v) is 4.25. The minimum Gasteiger partial charge on any atom is -0.497 e. The minimum absolute atomic E-state index is 0.185. The van der Waals surface area contributed by atoms with E-state index >= 15 is 0 Å². The first-order valence-corrected chi connectivity index (χ1v) is 8.75.